The molecule has 0 heterocycles. The van der Waals surface area contributed by atoms with Gasteiger partial charge in [-0.3, -0.25) is 0 Å². The lowest BCUT2D eigenvalue weighted by Gasteiger charge is -2.11. The van der Waals surface area contributed by atoms with Crippen LogP contribution >= 0.6 is 11.8 Å². The van der Waals surface area contributed by atoms with Crippen LogP contribution in [-0.2, 0) is 9.53 Å². The fraction of sp³-hybridized carbons (Fsp3) is 0.417. The maximum atomic E-state index is 12.6. The van der Waals surface area contributed by atoms with E-state index in [2.05, 4.69) is 0 Å². The van der Waals surface area contributed by atoms with Gasteiger partial charge < -0.3 is 9.84 Å². The number of thioether (sulfide) groups is 1. The maximum Gasteiger partial charge on any atom is 0.332 e. The zero-order chi connectivity index (χ0) is 12.7. The van der Waals surface area contributed by atoms with Gasteiger partial charge in [-0.1, -0.05) is 0 Å². The smallest absolute Gasteiger partial charge is 0.332 e. The fourth-order valence-electron chi connectivity index (χ4n) is 1.29. The van der Waals surface area contributed by atoms with E-state index in [0.717, 1.165) is 4.90 Å². The molecule has 0 saturated carbocycles. The third-order valence-electron chi connectivity index (χ3n) is 2.11. The number of carboxylic acid groups (broad SMARTS) is 1. The number of rotatable bonds is 7. The van der Waals surface area contributed by atoms with E-state index < -0.39 is 12.1 Å². The summed E-state index contributed by atoms with van der Waals surface area (Å²) in [5.41, 5.74) is 0. The number of ether oxygens (including phenoxy) is 1. The number of carbonyl (C=O) groups is 1. The van der Waals surface area contributed by atoms with Crippen LogP contribution in [0, 0.1) is 5.82 Å². The largest absolute Gasteiger partial charge is 0.479 e. The number of benzene rings is 1. The first kappa shape index (κ1) is 14.0. The second-order valence-electron chi connectivity index (χ2n) is 3.37. The molecule has 3 nitrogen and oxygen atoms in total. The van der Waals surface area contributed by atoms with E-state index >= 15 is 0 Å². The molecule has 0 spiro atoms. The van der Waals surface area contributed by atoms with Crippen molar-refractivity contribution in [2.45, 2.75) is 24.3 Å². The molecule has 94 valence electrons. The van der Waals surface area contributed by atoms with Gasteiger partial charge in [-0.25, -0.2) is 9.18 Å². The summed E-state index contributed by atoms with van der Waals surface area (Å²) in [6.45, 7) is 2.15. The molecule has 17 heavy (non-hydrogen) atoms. The average molecular weight is 258 g/mol. The molecule has 0 aliphatic heterocycles. The lowest BCUT2D eigenvalue weighted by atomic mass is 10.3. The van der Waals surface area contributed by atoms with Gasteiger partial charge in [0.15, 0.2) is 6.10 Å². The van der Waals surface area contributed by atoms with Crippen LogP contribution in [-0.4, -0.2) is 29.5 Å². The van der Waals surface area contributed by atoms with E-state index in [-0.39, 0.29) is 5.82 Å². The molecule has 0 saturated heterocycles. The van der Waals surface area contributed by atoms with Crippen molar-refractivity contribution < 1.29 is 19.0 Å². The predicted molar refractivity (Wildman–Crippen MR) is 64.8 cm³/mol. The van der Waals surface area contributed by atoms with Crippen LogP contribution in [0.5, 0.6) is 0 Å². The SMILES string of the molecule is CCOC(CCSc1ccc(F)cc1)C(=O)O. The Labute approximate surface area is 104 Å². The fourth-order valence-corrected chi connectivity index (χ4v) is 2.19. The zero-order valence-electron chi connectivity index (χ0n) is 9.56. The first-order valence-electron chi connectivity index (χ1n) is 5.36. The first-order chi connectivity index (χ1) is 8.13. The molecule has 0 aromatic heterocycles. The highest BCUT2D eigenvalue weighted by Gasteiger charge is 2.16. The summed E-state index contributed by atoms with van der Waals surface area (Å²) in [5, 5.41) is 8.85. The van der Waals surface area contributed by atoms with Crippen LogP contribution in [0.4, 0.5) is 4.39 Å². The summed E-state index contributed by atoms with van der Waals surface area (Å²) in [7, 11) is 0. The molecule has 1 N–H and O–H groups in total. The Hall–Kier alpha value is -1.07. The second-order valence-corrected chi connectivity index (χ2v) is 4.54. The molecular weight excluding hydrogens is 243 g/mol. The highest BCUT2D eigenvalue weighted by atomic mass is 32.2. The monoisotopic (exact) mass is 258 g/mol. The van der Waals surface area contributed by atoms with Crippen LogP contribution in [0.25, 0.3) is 0 Å². The van der Waals surface area contributed by atoms with E-state index in [1.165, 1.54) is 23.9 Å². The highest BCUT2D eigenvalue weighted by Crippen LogP contribution is 2.20. The van der Waals surface area contributed by atoms with Gasteiger partial charge in [0.25, 0.3) is 0 Å². The van der Waals surface area contributed by atoms with Crippen LogP contribution in [0.15, 0.2) is 29.2 Å². The van der Waals surface area contributed by atoms with E-state index in [0.29, 0.717) is 18.8 Å². The average Bonchev–Trinajstić information content (AvgIpc) is 2.30. The molecule has 0 amide bonds. The van der Waals surface area contributed by atoms with Crippen molar-refractivity contribution in [1.29, 1.82) is 0 Å². The van der Waals surface area contributed by atoms with Crippen molar-refractivity contribution in [1.82, 2.24) is 0 Å². The van der Waals surface area contributed by atoms with E-state index in [9.17, 15) is 9.18 Å². The lowest BCUT2D eigenvalue weighted by Crippen LogP contribution is -2.24. The lowest BCUT2D eigenvalue weighted by molar-refractivity contribution is -0.150. The van der Waals surface area contributed by atoms with Gasteiger partial charge in [-0.15, -0.1) is 11.8 Å². The molecule has 0 aliphatic rings. The summed E-state index contributed by atoms with van der Waals surface area (Å²) >= 11 is 1.49. The van der Waals surface area contributed by atoms with Crippen molar-refractivity contribution in [3.8, 4) is 0 Å². The third-order valence-corrected chi connectivity index (χ3v) is 3.15. The van der Waals surface area contributed by atoms with Gasteiger partial charge >= 0.3 is 5.97 Å². The Kier molecular flexibility index (Phi) is 6.00. The standard InChI is InChI=1S/C12H15FO3S/c1-2-16-11(12(14)15)7-8-17-10-5-3-9(13)4-6-10/h3-6,11H,2,7-8H2,1H3,(H,14,15). The third kappa shape index (κ3) is 5.19. The van der Waals surface area contributed by atoms with E-state index in [1.807, 2.05) is 0 Å². The van der Waals surface area contributed by atoms with Gasteiger partial charge in [-0.05, 0) is 37.6 Å². The van der Waals surface area contributed by atoms with Crippen LogP contribution in [0.3, 0.4) is 0 Å². The summed E-state index contributed by atoms with van der Waals surface area (Å²) in [4.78, 5) is 11.7. The van der Waals surface area contributed by atoms with Gasteiger partial charge in [-0.2, -0.15) is 0 Å². The number of carboxylic acids is 1. The van der Waals surface area contributed by atoms with Crippen molar-refractivity contribution in [2.24, 2.45) is 0 Å². The van der Waals surface area contributed by atoms with Gasteiger partial charge in [0.2, 0.25) is 0 Å². The summed E-state index contributed by atoms with van der Waals surface area (Å²) in [6.07, 6.45) is -0.321. The molecule has 0 aliphatic carbocycles. The van der Waals surface area contributed by atoms with E-state index in [1.54, 1.807) is 19.1 Å². The molecule has 0 bridgehead atoms. The van der Waals surface area contributed by atoms with Crippen LogP contribution in [0.2, 0.25) is 0 Å². The molecule has 1 aromatic rings. The quantitative estimate of drug-likeness (QED) is 0.764. The molecular formula is C12H15FO3S. The number of aliphatic carboxylic acids is 1. The van der Waals surface area contributed by atoms with Crippen molar-refractivity contribution in [3.63, 3.8) is 0 Å². The molecule has 1 aromatic carbocycles. The maximum absolute atomic E-state index is 12.6. The Morgan fingerprint density at radius 1 is 1.47 bits per heavy atom. The molecule has 0 radical (unpaired) electrons. The molecule has 5 heteroatoms. The Morgan fingerprint density at radius 2 is 2.12 bits per heavy atom. The Balaban J connectivity index is 2.35. The first-order valence-corrected chi connectivity index (χ1v) is 6.34. The van der Waals surface area contributed by atoms with Gasteiger partial charge in [0.05, 0.1) is 0 Å². The zero-order valence-corrected chi connectivity index (χ0v) is 10.4. The number of hydrogen-bond donors (Lipinski definition) is 1. The summed E-state index contributed by atoms with van der Waals surface area (Å²) in [6, 6.07) is 6.13. The highest BCUT2D eigenvalue weighted by molar-refractivity contribution is 7.99. The normalized spacial score (nSPS) is 12.4. The molecule has 1 rings (SSSR count). The van der Waals surface area contributed by atoms with E-state index in [4.69, 9.17) is 9.84 Å². The molecule has 1 atom stereocenters. The van der Waals surface area contributed by atoms with Crippen molar-refractivity contribution >= 4 is 17.7 Å². The minimum absolute atomic E-state index is 0.271. The molecule has 1 unspecified atom stereocenters. The second kappa shape index (κ2) is 7.29. The van der Waals surface area contributed by atoms with Crippen molar-refractivity contribution in [3.05, 3.63) is 30.1 Å². The predicted octanol–water partition coefficient (Wildman–Crippen LogP) is 2.80. The minimum atomic E-state index is -0.938. The minimum Gasteiger partial charge on any atom is -0.479 e. The van der Waals surface area contributed by atoms with Crippen LogP contribution in [0.1, 0.15) is 13.3 Å². The Morgan fingerprint density at radius 3 is 2.65 bits per heavy atom. The number of hydrogen-bond acceptors (Lipinski definition) is 3. The van der Waals surface area contributed by atoms with Crippen LogP contribution < -0.4 is 0 Å². The van der Waals surface area contributed by atoms with Crippen molar-refractivity contribution in [2.75, 3.05) is 12.4 Å². The van der Waals surface area contributed by atoms with Gasteiger partial charge in [0.1, 0.15) is 5.82 Å². The molecule has 0 fully saturated rings. The number of halogens is 1. The van der Waals surface area contributed by atoms with Gasteiger partial charge in [0, 0.05) is 17.3 Å². The topological polar surface area (TPSA) is 46.5 Å². The Bertz CT molecular complexity index is 353. The summed E-state index contributed by atoms with van der Waals surface area (Å²) in [5.74, 6) is -0.582. The summed E-state index contributed by atoms with van der Waals surface area (Å²) < 4.78 is 17.7.